The number of aromatic amines is 1. The highest BCUT2D eigenvalue weighted by Crippen LogP contribution is 2.48. The number of H-pyrrole nitrogens is 1. The SMILES string of the molecule is O=C1c2c(nc(CCc3ccc(F)cc3)c(-c3noc(=O)[nH]3)c2-c2ccc3c(c2)CCCN3CCc2ccc(F)c(F)c2)[C@@H]2CCCN12. The topological polar surface area (TPSA) is 95.3 Å². The molecule has 1 atom stereocenters. The Bertz CT molecular complexity index is 2110. The number of carbonyl (C=O) groups excluding carboxylic acids is 1. The van der Waals surface area contributed by atoms with E-state index < -0.39 is 17.4 Å². The largest absolute Gasteiger partial charge is 0.439 e. The highest BCUT2D eigenvalue weighted by Gasteiger charge is 2.44. The number of amides is 1. The van der Waals surface area contributed by atoms with E-state index in [1.54, 1.807) is 18.2 Å². The van der Waals surface area contributed by atoms with Gasteiger partial charge >= 0.3 is 5.76 Å². The molecule has 2 aromatic heterocycles. The third kappa shape index (κ3) is 5.36. The van der Waals surface area contributed by atoms with E-state index in [4.69, 9.17) is 9.51 Å². The van der Waals surface area contributed by atoms with Crippen molar-refractivity contribution in [1.29, 1.82) is 0 Å². The minimum Gasteiger partial charge on any atom is -0.371 e. The van der Waals surface area contributed by atoms with Crippen molar-refractivity contribution in [1.82, 2.24) is 20.0 Å². The predicted molar refractivity (Wildman–Crippen MR) is 173 cm³/mol. The Labute approximate surface area is 274 Å². The molecule has 48 heavy (non-hydrogen) atoms. The summed E-state index contributed by atoms with van der Waals surface area (Å²) in [6.07, 6.45) is 5.02. The Morgan fingerprint density at radius 2 is 1.67 bits per heavy atom. The molecule has 0 aliphatic carbocycles. The third-order valence-corrected chi connectivity index (χ3v) is 9.82. The van der Waals surface area contributed by atoms with Crippen LogP contribution in [0.3, 0.4) is 0 Å². The maximum absolute atomic E-state index is 14.1. The van der Waals surface area contributed by atoms with Gasteiger partial charge in [0.25, 0.3) is 5.91 Å². The van der Waals surface area contributed by atoms with Crippen LogP contribution in [0.1, 0.15) is 63.7 Å². The van der Waals surface area contributed by atoms with Gasteiger partial charge in [0.05, 0.1) is 28.6 Å². The van der Waals surface area contributed by atoms with E-state index in [2.05, 4.69) is 27.2 Å². The summed E-state index contributed by atoms with van der Waals surface area (Å²) in [4.78, 5) is 38.3. The normalized spacial score (nSPS) is 16.7. The van der Waals surface area contributed by atoms with E-state index >= 15 is 0 Å². The highest BCUT2D eigenvalue weighted by atomic mass is 19.2. The molecule has 0 spiro atoms. The van der Waals surface area contributed by atoms with Crippen molar-refractivity contribution in [2.75, 3.05) is 24.5 Å². The number of aryl methyl sites for hydroxylation is 3. The number of halogens is 3. The molecule has 5 heterocycles. The molecule has 3 aliphatic heterocycles. The van der Waals surface area contributed by atoms with Gasteiger partial charge in [-0.1, -0.05) is 29.4 Å². The highest BCUT2D eigenvalue weighted by molar-refractivity contribution is 6.08. The van der Waals surface area contributed by atoms with E-state index in [0.29, 0.717) is 54.7 Å². The average Bonchev–Trinajstić information content (AvgIpc) is 3.82. The van der Waals surface area contributed by atoms with Crippen LogP contribution < -0.4 is 10.7 Å². The summed E-state index contributed by atoms with van der Waals surface area (Å²) in [5, 5.41) is 4.07. The zero-order valence-electron chi connectivity index (χ0n) is 26.1. The Morgan fingerprint density at radius 1 is 0.833 bits per heavy atom. The number of rotatable bonds is 8. The van der Waals surface area contributed by atoms with Gasteiger partial charge in [0.1, 0.15) is 5.82 Å². The van der Waals surface area contributed by atoms with E-state index in [1.807, 2.05) is 11.0 Å². The fourth-order valence-electron chi connectivity index (χ4n) is 7.55. The first-order valence-electron chi connectivity index (χ1n) is 16.3. The van der Waals surface area contributed by atoms with Crippen LogP contribution in [0.15, 0.2) is 70.0 Å². The minimum atomic E-state index is -0.858. The summed E-state index contributed by atoms with van der Waals surface area (Å²) < 4.78 is 46.0. The molecule has 0 bridgehead atoms. The van der Waals surface area contributed by atoms with Crippen molar-refractivity contribution in [3.63, 3.8) is 0 Å². The van der Waals surface area contributed by atoms with E-state index in [1.165, 1.54) is 18.2 Å². The number of anilines is 1. The summed E-state index contributed by atoms with van der Waals surface area (Å²) in [7, 11) is 0. The summed E-state index contributed by atoms with van der Waals surface area (Å²) >= 11 is 0. The molecule has 1 fully saturated rings. The molecular weight excluding hydrogens is 619 g/mol. The second kappa shape index (κ2) is 12.1. The monoisotopic (exact) mass is 651 g/mol. The molecule has 0 unspecified atom stereocenters. The van der Waals surface area contributed by atoms with Crippen LogP contribution in [-0.2, 0) is 25.7 Å². The van der Waals surface area contributed by atoms with Gasteiger partial charge in [0.2, 0.25) is 0 Å². The number of nitrogens with one attached hydrogen (secondary N) is 1. The van der Waals surface area contributed by atoms with Gasteiger partial charge < -0.3 is 9.80 Å². The van der Waals surface area contributed by atoms with Crippen LogP contribution in [-0.4, -0.2) is 45.6 Å². The predicted octanol–water partition coefficient (Wildman–Crippen LogP) is 6.58. The number of fused-ring (bicyclic) bond motifs is 4. The standard InChI is InChI=1S/C37H32F3N5O3/c38-25-10-5-21(6-11-25)8-13-28-32(35-42-37(47)48-43-35)31(33-34(41-28)30-4-2-17-45(30)36(33)46)24-9-14-29-23(20-24)3-1-16-44(29)18-15-22-7-12-26(39)27(40)19-22/h5-7,9-12,14,19-20,30H,1-4,8,13,15-18H2,(H,42,43,47)/t30-/m0/s1. The van der Waals surface area contributed by atoms with Gasteiger partial charge in [-0.15, -0.1) is 0 Å². The van der Waals surface area contributed by atoms with Crippen molar-refractivity contribution < 1.29 is 22.5 Å². The van der Waals surface area contributed by atoms with Gasteiger partial charge in [0, 0.05) is 30.9 Å². The van der Waals surface area contributed by atoms with Crippen molar-refractivity contribution in [2.45, 2.75) is 51.0 Å². The minimum absolute atomic E-state index is 0.0851. The van der Waals surface area contributed by atoms with Crippen molar-refractivity contribution in [2.24, 2.45) is 0 Å². The van der Waals surface area contributed by atoms with Gasteiger partial charge in [-0.05, 0) is 104 Å². The van der Waals surface area contributed by atoms with Crippen LogP contribution in [0.4, 0.5) is 18.9 Å². The Kier molecular flexibility index (Phi) is 7.61. The van der Waals surface area contributed by atoms with E-state index in [9.17, 15) is 22.8 Å². The maximum Gasteiger partial charge on any atom is 0.439 e. The lowest BCUT2D eigenvalue weighted by atomic mass is 9.87. The average molecular weight is 652 g/mol. The van der Waals surface area contributed by atoms with Gasteiger partial charge in [-0.2, -0.15) is 0 Å². The molecule has 3 aromatic carbocycles. The lowest BCUT2D eigenvalue weighted by Crippen LogP contribution is -2.31. The van der Waals surface area contributed by atoms with Crippen LogP contribution >= 0.6 is 0 Å². The van der Waals surface area contributed by atoms with Crippen molar-refractivity contribution in [3.05, 3.63) is 122 Å². The third-order valence-electron chi connectivity index (χ3n) is 9.82. The van der Waals surface area contributed by atoms with Crippen LogP contribution in [0.2, 0.25) is 0 Å². The summed E-state index contributed by atoms with van der Waals surface area (Å²) in [5.41, 5.74) is 7.76. The van der Waals surface area contributed by atoms with Crippen LogP contribution in [0.25, 0.3) is 22.5 Å². The van der Waals surface area contributed by atoms with Gasteiger partial charge in [-0.3, -0.25) is 19.3 Å². The van der Waals surface area contributed by atoms with Crippen LogP contribution in [0, 0.1) is 17.5 Å². The van der Waals surface area contributed by atoms with Crippen molar-refractivity contribution >= 4 is 11.6 Å². The number of hydrogen-bond acceptors (Lipinski definition) is 6. The Hall–Kier alpha value is -5.19. The first kappa shape index (κ1) is 30.2. The molecule has 0 saturated carbocycles. The lowest BCUT2D eigenvalue weighted by molar-refractivity contribution is 0.0776. The van der Waals surface area contributed by atoms with Crippen LogP contribution in [0.5, 0.6) is 0 Å². The molecule has 1 N–H and O–H groups in total. The molecule has 3 aliphatic rings. The first-order chi connectivity index (χ1) is 23.3. The number of aromatic nitrogens is 3. The molecule has 5 aromatic rings. The van der Waals surface area contributed by atoms with Gasteiger partial charge in [0.15, 0.2) is 17.5 Å². The molecule has 1 amide bonds. The van der Waals surface area contributed by atoms with Gasteiger partial charge in [-0.25, -0.2) is 18.0 Å². The summed E-state index contributed by atoms with van der Waals surface area (Å²) in [6.45, 7) is 2.11. The second-order valence-corrected chi connectivity index (χ2v) is 12.7. The number of benzene rings is 3. The molecule has 11 heteroatoms. The molecule has 0 radical (unpaired) electrons. The second-order valence-electron chi connectivity index (χ2n) is 12.7. The number of nitrogens with zero attached hydrogens (tertiary/aromatic N) is 4. The molecule has 1 saturated heterocycles. The number of carbonyl (C=O) groups is 1. The van der Waals surface area contributed by atoms with Crippen molar-refractivity contribution in [3.8, 4) is 22.5 Å². The zero-order chi connectivity index (χ0) is 32.9. The fraction of sp³-hybridized carbons (Fsp3) is 0.297. The molecule has 8 rings (SSSR count). The molecule has 8 nitrogen and oxygen atoms in total. The number of hydrogen-bond donors (Lipinski definition) is 1. The van der Waals surface area contributed by atoms with E-state index in [-0.39, 0.29) is 23.6 Å². The molecule has 244 valence electrons. The first-order valence-corrected chi connectivity index (χ1v) is 16.3. The molecular formula is C37H32F3N5O3. The Morgan fingerprint density at radius 3 is 2.46 bits per heavy atom. The number of pyridine rings is 1. The van der Waals surface area contributed by atoms with E-state index in [0.717, 1.165) is 71.9 Å². The summed E-state index contributed by atoms with van der Waals surface area (Å²) in [6, 6.07) is 16.4. The Balaban J connectivity index is 1.23. The smallest absolute Gasteiger partial charge is 0.371 e. The quantitative estimate of drug-likeness (QED) is 0.204. The lowest BCUT2D eigenvalue weighted by Gasteiger charge is -2.32. The fourth-order valence-corrected chi connectivity index (χ4v) is 7.55. The summed E-state index contributed by atoms with van der Waals surface area (Å²) in [5.74, 6) is -2.62. The maximum atomic E-state index is 14.1. The zero-order valence-corrected chi connectivity index (χ0v) is 26.1.